The molecule has 1 fully saturated rings. The molecule has 2 atom stereocenters. The van der Waals surface area contributed by atoms with Gasteiger partial charge in [0, 0.05) is 25.2 Å². The Kier molecular flexibility index (Phi) is 4.85. The van der Waals surface area contributed by atoms with Crippen molar-refractivity contribution in [2.45, 2.75) is 31.6 Å². The highest BCUT2D eigenvalue weighted by molar-refractivity contribution is 5.92. The fourth-order valence-corrected chi connectivity index (χ4v) is 3.65. The molecule has 2 N–H and O–H groups in total. The Morgan fingerprint density at radius 1 is 1.35 bits per heavy atom. The number of fused-ring (bicyclic) bond motifs is 3. The van der Waals surface area contributed by atoms with E-state index in [4.69, 9.17) is 15.2 Å². The van der Waals surface area contributed by atoms with Gasteiger partial charge in [0.15, 0.2) is 0 Å². The Morgan fingerprint density at radius 3 is 3.00 bits per heavy atom. The number of aromatic nitrogens is 3. The van der Waals surface area contributed by atoms with Crippen LogP contribution in [-0.4, -0.2) is 58.1 Å². The number of ether oxygens (including phenoxy) is 2. The molecular formula is C18H23N5O3. The summed E-state index contributed by atoms with van der Waals surface area (Å²) in [6.07, 6.45) is 3.93. The molecule has 1 aromatic carbocycles. The summed E-state index contributed by atoms with van der Waals surface area (Å²) in [6.45, 7) is 4.13. The number of piperidine rings is 1. The maximum Gasteiger partial charge on any atom is 0.248 e. The Hall–Kier alpha value is -2.45. The summed E-state index contributed by atoms with van der Waals surface area (Å²) in [5, 5.41) is 8.21. The number of carbonyl (C=O) groups is 1. The van der Waals surface area contributed by atoms with E-state index in [1.54, 1.807) is 30.5 Å². The number of rotatable bonds is 6. The number of nitrogens with zero attached hydrogens (tertiary/aromatic N) is 4. The minimum Gasteiger partial charge on any atom is -0.494 e. The molecule has 1 aromatic heterocycles. The monoisotopic (exact) mass is 357 g/mol. The average molecular weight is 357 g/mol. The lowest BCUT2D eigenvalue weighted by Gasteiger charge is -2.41. The first-order valence-electron chi connectivity index (χ1n) is 8.96. The summed E-state index contributed by atoms with van der Waals surface area (Å²) in [5.74, 6) is 0.325. The van der Waals surface area contributed by atoms with Crippen LogP contribution in [0, 0.1) is 0 Å². The van der Waals surface area contributed by atoms with Crippen molar-refractivity contribution < 1.29 is 14.3 Å². The first kappa shape index (κ1) is 17.0. The summed E-state index contributed by atoms with van der Waals surface area (Å²) in [5.41, 5.74) is 6.78. The standard InChI is InChI=1S/C18H23N5O3/c19-18(24)13-2-4-15(5-3-13)25-9-1-7-22-8-6-16-17(11-22)26-12-14-10-20-21-23(14)16/h2-5,10,16-17H,1,6-9,11-12H2,(H2,19,24)/t16-,17-/m0/s1. The second kappa shape index (κ2) is 7.43. The minimum absolute atomic E-state index is 0.181. The third kappa shape index (κ3) is 3.56. The molecule has 0 radical (unpaired) electrons. The Bertz CT molecular complexity index is 760. The second-order valence-electron chi connectivity index (χ2n) is 6.77. The molecule has 1 saturated heterocycles. The lowest BCUT2D eigenvalue weighted by molar-refractivity contribution is -0.0692. The zero-order chi connectivity index (χ0) is 17.9. The van der Waals surface area contributed by atoms with Crippen molar-refractivity contribution in [3.63, 3.8) is 0 Å². The van der Waals surface area contributed by atoms with Crippen molar-refractivity contribution >= 4 is 5.91 Å². The normalized spacial score (nSPS) is 22.5. The van der Waals surface area contributed by atoms with Crippen molar-refractivity contribution in [1.29, 1.82) is 0 Å². The molecule has 0 unspecified atom stereocenters. The second-order valence-corrected chi connectivity index (χ2v) is 6.77. The van der Waals surface area contributed by atoms with Gasteiger partial charge in [0.2, 0.25) is 5.91 Å². The minimum atomic E-state index is -0.428. The molecule has 26 heavy (non-hydrogen) atoms. The van der Waals surface area contributed by atoms with Crippen LogP contribution >= 0.6 is 0 Å². The van der Waals surface area contributed by atoms with Gasteiger partial charge in [-0.1, -0.05) is 5.21 Å². The van der Waals surface area contributed by atoms with Gasteiger partial charge >= 0.3 is 0 Å². The zero-order valence-electron chi connectivity index (χ0n) is 14.6. The fourth-order valence-electron chi connectivity index (χ4n) is 3.65. The molecular weight excluding hydrogens is 334 g/mol. The summed E-state index contributed by atoms with van der Waals surface area (Å²) in [4.78, 5) is 13.5. The molecule has 0 spiro atoms. The molecule has 0 saturated carbocycles. The average Bonchev–Trinajstić information content (AvgIpc) is 3.14. The van der Waals surface area contributed by atoms with Crippen LogP contribution in [-0.2, 0) is 11.3 Å². The first-order valence-corrected chi connectivity index (χ1v) is 8.96. The van der Waals surface area contributed by atoms with E-state index in [0.29, 0.717) is 24.8 Å². The molecule has 2 aliphatic rings. The maximum atomic E-state index is 11.1. The number of amides is 1. The number of benzene rings is 1. The van der Waals surface area contributed by atoms with E-state index < -0.39 is 5.91 Å². The highest BCUT2D eigenvalue weighted by Crippen LogP contribution is 2.30. The third-order valence-electron chi connectivity index (χ3n) is 5.04. The van der Waals surface area contributed by atoms with E-state index >= 15 is 0 Å². The summed E-state index contributed by atoms with van der Waals surface area (Å²) in [7, 11) is 0. The van der Waals surface area contributed by atoms with Gasteiger partial charge in [-0.3, -0.25) is 4.79 Å². The Labute approximate surface area is 151 Å². The van der Waals surface area contributed by atoms with Crippen LogP contribution in [0.4, 0.5) is 0 Å². The largest absolute Gasteiger partial charge is 0.494 e. The molecule has 8 heteroatoms. The zero-order valence-corrected chi connectivity index (χ0v) is 14.6. The molecule has 0 bridgehead atoms. The first-order chi connectivity index (χ1) is 12.7. The predicted molar refractivity (Wildman–Crippen MR) is 93.8 cm³/mol. The molecule has 8 nitrogen and oxygen atoms in total. The molecule has 2 aliphatic heterocycles. The van der Waals surface area contributed by atoms with Gasteiger partial charge in [0.1, 0.15) is 5.75 Å². The number of nitrogens with two attached hydrogens (primary N) is 1. The Balaban J connectivity index is 1.21. The quantitative estimate of drug-likeness (QED) is 0.775. The van der Waals surface area contributed by atoms with E-state index in [0.717, 1.165) is 43.9 Å². The van der Waals surface area contributed by atoms with Crippen LogP contribution in [0.15, 0.2) is 30.5 Å². The van der Waals surface area contributed by atoms with Gasteiger partial charge in [0.25, 0.3) is 0 Å². The van der Waals surface area contributed by atoms with Gasteiger partial charge in [0.05, 0.1) is 37.3 Å². The van der Waals surface area contributed by atoms with Crippen LogP contribution < -0.4 is 10.5 Å². The number of primary amides is 1. The van der Waals surface area contributed by atoms with E-state index in [-0.39, 0.29) is 6.10 Å². The van der Waals surface area contributed by atoms with Crippen molar-refractivity contribution in [1.82, 2.24) is 19.9 Å². The van der Waals surface area contributed by atoms with Gasteiger partial charge < -0.3 is 20.1 Å². The lowest BCUT2D eigenvalue weighted by Crippen LogP contribution is -2.48. The number of hydrogen-bond acceptors (Lipinski definition) is 6. The molecule has 1 amide bonds. The van der Waals surface area contributed by atoms with E-state index in [2.05, 4.69) is 15.2 Å². The lowest BCUT2D eigenvalue weighted by atomic mass is 10.00. The van der Waals surface area contributed by atoms with Crippen LogP contribution in [0.3, 0.4) is 0 Å². The van der Waals surface area contributed by atoms with Gasteiger partial charge in [-0.05, 0) is 37.1 Å². The molecule has 3 heterocycles. The predicted octanol–water partition coefficient (Wildman–Crippen LogP) is 0.992. The SMILES string of the molecule is NC(=O)c1ccc(OCCCN2CC[C@H]3[C@H](C2)OCc2cnnn23)cc1. The van der Waals surface area contributed by atoms with Crippen LogP contribution in [0.2, 0.25) is 0 Å². The molecule has 0 aliphatic carbocycles. The summed E-state index contributed by atoms with van der Waals surface area (Å²) >= 11 is 0. The van der Waals surface area contributed by atoms with E-state index in [9.17, 15) is 4.79 Å². The van der Waals surface area contributed by atoms with Crippen LogP contribution in [0.5, 0.6) is 5.75 Å². The van der Waals surface area contributed by atoms with Crippen LogP contribution in [0.1, 0.15) is 34.9 Å². The number of hydrogen-bond donors (Lipinski definition) is 1. The van der Waals surface area contributed by atoms with Gasteiger partial charge in [-0.15, -0.1) is 5.10 Å². The van der Waals surface area contributed by atoms with Crippen molar-refractivity contribution in [2.75, 3.05) is 26.2 Å². The van der Waals surface area contributed by atoms with E-state index in [1.807, 2.05) is 4.68 Å². The van der Waals surface area contributed by atoms with Gasteiger partial charge in [-0.25, -0.2) is 4.68 Å². The summed E-state index contributed by atoms with van der Waals surface area (Å²) < 4.78 is 13.8. The molecule has 4 rings (SSSR count). The number of likely N-dealkylation sites (tertiary alicyclic amines) is 1. The van der Waals surface area contributed by atoms with Crippen molar-refractivity contribution in [3.05, 3.63) is 41.7 Å². The summed E-state index contributed by atoms with van der Waals surface area (Å²) in [6, 6.07) is 7.22. The maximum absolute atomic E-state index is 11.1. The van der Waals surface area contributed by atoms with Gasteiger partial charge in [-0.2, -0.15) is 0 Å². The van der Waals surface area contributed by atoms with Crippen molar-refractivity contribution in [2.24, 2.45) is 5.73 Å². The van der Waals surface area contributed by atoms with E-state index in [1.165, 1.54) is 0 Å². The fraction of sp³-hybridized carbons (Fsp3) is 0.500. The highest BCUT2D eigenvalue weighted by Gasteiger charge is 2.35. The smallest absolute Gasteiger partial charge is 0.248 e. The highest BCUT2D eigenvalue weighted by atomic mass is 16.5. The Morgan fingerprint density at radius 2 is 2.19 bits per heavy atom. The van der Waals surface area contributed by atoms with Crippen LogP contribution in [0.25, 0.3) is 0 Å². The van der Waals surface area contributed by atoms with Crippen molar-refractivity contribution in [3.8, 4) is 5.75 Å². The topological polar surface area (TPSA) is 95.5 Å². The molecule has 138 valence electrons. The molecule has 2 aromatic rings. The third-order valence-corrected chi connectivity index (χ3v) is 5.04. The number of carbonyl (C=O) groups excluding carboxylic acids is 1.